The number of hydrogen-bond donors (Lipinski definition) is 1. The van der Waals surface area contributed by atoms with E-state index in [2.05, 4.69) is 18.2 Å². The molecule has 0 aliphatic carbocycles. The topological polar surface area (TPSA) is 38.7 Å². The van der Waals surface area contributed by atoms with E-state index >= 15 is 0 Å². The zero-order valence-electron chi connectivity index (χ0n) is 12.4. The summed E-state index contributed by atoms with van der Waals surface area (Å²) in [4.78, 5) is 0. The second-order valence-electron chi connectivity index (χ2n) is 4.88. The lowest BCUT2D eigenvalue weighted by Crippen LogP contribution is -2.03. The number of aliphatic hydroxyl groups excluding tert-OH is 1. The van der Waals surface area contributed by atoms with Crippen LogP contribution in [0.1, 0.15) is 17.5 Å². The van der Waals surface area contributed by atoms with E-state index in [1.807, 2.05) is 30.3 Å². The number of para-hydroxylation sites is 1. The fraction of sp³-hybridized carbons (Fsp3) is 0.333. The Balaban J connectivity index is 1.98. The SMILES string of the molecule is COc1cccc(CCc2ccccc2OCCCO)c1. The molecular weight excluding hydrogens is 264 g/mol. The van der Waals surface area contributed by atoms with Crippen LogP contribution in [0.2, 0.25) is 0 Å². The third kappa shape index (κ3) is 4.80. The third-order valence-electron chi connectivity index (χ3n) is 3.35. The molecule has 0 saturated heterocycles. The van der Waals surface area contributed by atoms with Crippen molar-refractivity contribution in [2.24, 2.45) is 0 Å². The van der Waals surface area contributed by atoms with Crippen molar-refractivity contribution in [1.29, 1.82) is 0 Å². The highest BCUT2D eigenvalue weighted by molar-refractivity contribution is 5.35. The standard InChI is InChI=1S/C18H22O3/c1-20-17-8-4-6-15(14-17)10-11-16-7-2-3-9-18(16)21-13-5-12-19/h2-4,6-9,14,19H,5,10-13H2,1H3. The van der Waals surface area contributed by atoms with Crippen molar-refractivity contribution in [2.45, 2.75) is 19.3 Å². The molecule has 0 bridgehead atoms. The summed E-state index contributed by atoms with van der Waals surface area (Å²) in [6, 6.07) is 16.2. The molecule has 1 N–H and O–H groups in total. The van der Waals surface area contributed by atoms with Crippen molar-refractivity contribution in [3.8, 4) is 11.5 Å². The summed E-state index contributed by atoms with van der Waals surface area (Å²) in [5.74, 6) is 1.80. The van der Waals surface area contributed by atoms with E-state index in [9.17, 15) is 0 Å². The van der Waals surface area contributed by atoms with Gasteiger partial charge in [-0.15, -0.1) is 0 Å². The molecule has 2 aromatic rings. The van der Waals surface area contributed by atoms with Crippen LogP contribution in [0.4, 0.5) is 0 Å². The molecule has 0 unspecified atom stereocenters. The van der Waals surface area contributed by atoms with Crippen LogP contribution in [-0.2, 0) is 12.8 Å². The lowest BCUT2D eigenvalue weighted by Gasteiger charge is -2.11. The van der Waals surface area contributed by atoms with Gasteiger partial charge in [0.05, 0.1) is 13.7 Å². The smallest absolute Gasteiger partial charge is 0.122 e. The first-order chi connectivity index (χ1) is 10.3. The van der Waals surface area contributed by atoms with Crippen LogP contribution in [0.25, 0.3) is 0 Å². The van der Waals surface area contributed by atoms with Crippen molar-refractivity contribution in [3.63, 3.8) is 0 Å². The fourth-order valence-electron chi connectivity index (χ4n) is 2.20. The maximum absolute atomic E-state index is 8.82. The maximum atomic E-state index is 8.82. The molecule has 3 nitrogen and oxygen atoms in total. The largest absolute Gasteiger partial charge is 0.497 e. The molecule has 0 amide bonds. The van der Waals surface area contributed by atoms with Crippen LogP contribution in [0.3, 0.4) is 0 Å². The fourth-order valence-corrected chi connectivity index (χ4v) is 2.20. The van der Waals surface area contributed by atoms with Gasteiger partial charge in [-0.25, -0.2) is 0 Å². The van der Waals surface area contributed by atoms with Crippen LogP contribution in [0.15, 0.2) is 48.5 Å². The van der Waals surface area contributed by atoms with E-state index in [-0.39, 0.29) is 6.61 Å². The Hall–Kier alpha value is -2.00. The molecular formula is C18H22O3. The Morgan fingerprint density at radius 3 is 2.67 bits per heavy atom. The minimum absolute atomic E-state index is 0.159. The molecule has 3 heteroatoms. The molecule has 0 heterocycles. The van der Waals surface area contributed by atoms with Crippen LogP contribution >= 0.6 is 0 Å². The molecule has 0 radical (unpaired) electrons. The summed E-state index contributed by atoms with van der Waals surface area (Å²) < 4.78 is 11.0. The van der Waals surface area contributed by atoms with Gasteiger partial charge in [0.15, 0.2) is 0 Å². The lowest BCUT2D eigenvalue weighted by molar-refractivity contribution is 0.232. The number of ether oxygens (including phenoxy) is 2. The Bertz CT molecular complexity index is 552. The predicted octanol–water partition coefficient (Wildman–Crippen LogP) is 3.24. The van der Waals surface area contributed by atoms with Gasteiger partial charge in [-0.2, -0.15) is 0 Å². The summed E-state index contributed by atoms with van der Waals surface area (Å²) in [5, 5.41) is 8.82. The first kappa shape index (κ1) is 15.4. The van der Waals surface area contributed by atoms with Gasteiger partial charge < -0.3 is 14.6 Å². The molecule has 112 valence electrons. The predicted molar refractivity (Wildman–Crippen MR) is 84.0 cm³/mol. The van der Waals surface area contributed by atoms with Gasteiger partial charge in [-0.05, 0) is 42.2 Å². The molecule has 0 atom stereocenters. The molecule has 0 saturated carbocycles. The zero-order chi connectivity index (χ0) is 14.9. The highest BCUT2D eigenvalue weighted by atomic mass is 16.5. The van der Waals surface area contributed by atoms with Crippen molar-refractivity contribution in [3.05, 3.63) is 59.7 Å². The highest BCUT2D eigenvalue weighted by Gasteiger charge is 2.04. The Kier molecular flexibility index (Phi) is 6.10. The van der Waals surface area contributed by atoms with E-state index in [0.29, 0.717) is 13.0 Å². The maximum Gasteiger partial charge on any atom is 0.122 e. The molecule has 0 aromatic heterocycles. The van der Waals surface area contributed by atoms with E-state index in [1.165, 1.54) is 11.1 Å². The van der Waals surface area contributed by atoms with Crippen LogP contribution in [-0.4, -0.2) is 25.4 Å². The number of benzene rings is 2. The van der Waals surface area contributed by atoms with Gasteiger partial charge in [-0.1, -0.05) is 30.3 Å². The molecule has 0 aliphatic heterocycles. The number of methoxy groups -OCH3 is 1. The number of hydrogen-bond acceptors (Lipinski definition) is 3. The van der Waals surface area contributed by atoms with Crippen molar-refractivity contribution < 1.29 is 14.6 Å². The molecule has 0 spiro atoms. The van der Waals surface area contributed by atoms with Gasteiger partial charge in [0.25, 0.3) is 0 Å². The summed E-state index contributed by atoms with van der Waals surface area (Å²) in [6.07, 6.45) is 2.52. The Morgan fingerprint density at radius 1 is 1.00 bits per heavy atom. The first-order valence-electron chi connectivity index (χ1n) is 7.28. The summed E-state index contributed by atoms with van der Waals surface area (Å²) >= 11 is 0. The third-order valence-corrected chi connectivity index (χ3v) is 3.35. The normalized spacial score (nSPS) is 10.4. The minimum atomic E-state index is 0.159. The summed E-state index contributed by atoms with van der Waals surface area (Å²) in [5.41, 5.74) is 2.44. The monoisotopic (exact) mass is 286 g/mol. The molecule has 2 aromatic carbocycles. The van der Waals surface area contributed by atoms with Crippen molar-refractivity contribution in [2.75, 3.05) is 20.3 Å². The Morgan fingerprint density at radius 2 is 1.86 bits per heavy atom. The second kappa shape index (κ2) is 8.32. The van der Waals surface area contributed by atoms with Crippen LogP contribution in [0, 0.1) is 0 Å². The molecule has 0 aliphatic rings. The van der Waals surface area contributed by atoms with Gasteiger partial charge in [0.1, 0.15) is 11.5 Å². The molecule has 2 rings (SSSR count). The average Bonchev–Trinajstić information content (AvgIpc) is 2.54. The Labute approximate surface area is 126 Å². The van der Waals surface area contributed by atoms with Gasteiger partial charge in [0.2, 0.25) is 0 Å². The van der Waals surface area contributed by atoms with E-state index < -0.39 is 0 Å². The number of aliphatic hydroxyl groups is 1. The number of rotatable bonds is 8. The van der Waals surface area contributed by atoms with Crippen LogP contribution < -0.4 is 9.47 Å². The van der Waals surface area contributed by atoms with Gasteiger partial charge >= 0.3 is 0 Å². The van der Waals surface area contributed by atoms with Gasteiger partial charge in [-0.3, -0.25) is 0 Å². The summed E-state index contributed by atoms with van der Waals surface area (Å²) in [6.45, 7) is 0.707. The second-order valence-corrected chi connectivity index (χ2v) is 4.88. The molecule has 0 fully saturated rings. The van der Waals surface area contributed by atoms with E-state index in [1.54, 1.807) is 7.11 Å². The molecule has 21 heavy (non-hydrogen) atoms. The minimum Gasteiger partial charge on any atom is -0.497 e. The first-order valence-corrected chi connectivity index (χ1v) is 7.28. The van der Waals surface area contributed by atoms with Crippen LogP contribution in [0.5, 0.6) is 11.5 Å². The number of aryl methyl sites for hydroxylation is 2. The van der Waals surface area contributed by atoms with Crippen molar-refractivity contribution in [1.82, 2.24) is 0 Å². The highest BCUT2D eigenvalue weighted by Crippen LogP contribution is 2.21. The van der Waals surface area contributed by atoms with Crippen molar-refractivity contribution >= 4 is 0 Å². The average molecular weight is 286 g/mol. The van der Waals surface area contributed by atoms with Gasteiger partial charge in [0, 0.05) is 13.0 Å². The lowest BCUT2D eigenvalue weighted by atomic mass is 10.0. The summed E-state index contributed by atoms with van der Waals surface area (Å²) in [7, 11) is 1.68. The zero-order valence-corrected chi connectivity index (χ0v) is 12.4. The quantitative estimate of drug-likeness (QED) is 0.757. The van der Waals surface area contributed by atoms with E-state index in [0.717, 1.165) is 24.3 Å². The van der Waals surface area contributed by atoms with E-state index in [4.69, 9.17) is 14.6 Å².